The lowest BCUT2D eigenvalue weighted by Gasteiger charge is -2.26. The summed E-state index contributed by atoms with van der Waals surface area (Å²) in [4.78, 5) is 13.6. The molecule has 1 fully saturated rings. The summed E-state index contributed by atoms with van der Waals surface area (Å²) in [6.45, 7) is 2.03. The fraction of sp³-hybridized carbons (Fsp3) is 0.444. The maximum atomic E-state index is 12.1. The number of sulfonamides is 1. The molecule has 0 saturated carbocycles. The maximum absolute atomic E-state index is 12.1. The molecule has 0 unspecified atom stereocenters. The molecule has 1 aromatic rings. The Morgan fingerprint density at radius 1 is 1.25 bits per heavy atom. The van der Waals surface area contributed by atoms with Gasteiger partial charge in [-0.1, -0.05) is 0 Å². The number of nitrogens with one attached hydrogen (secondary N) is 2. The standard InChI is InChI=1S/C9H13N3O3S/c13-9-8(2-1-3-11-9)16(14,15)12-6-4-10-5-7-12/h1-3,10H,4-7H2,(H,11,13). The number of rotatable bonds is 2. The highest BCUT2D eigenvalue weighted by atomic mass is 32.2. The van der Waals surface area contributed by atoms with Crippen molar-refractivity contribution in [3.05, 3.63) is 28.7 Å². The molecule has 0 aromatic carbocycles. The quantitative estimate of drug-likeness (QED) is 0.696. The number of piperazine rings is 1. The Hall–Kier alpha value is -1.18. The van der Waals surface area contributed by atoms with Crippen molar-refractivity contribution in [1.82, 2.24) is 14.6 Å². The van der Waals surface area contributed by atoms with Gasteiger partial charge >= 0.3 is 0 Å². The number of H-pyrrole nitrogens is 1. The lowest BCUT2D eigenvalue weighted by molar-refractivity contribution is 0.360. The van der Waals surface area contributed by atoms with Crippen molar-refractivity contribution >= 4 is 10.0 Å². The zero-order chi connectivity index (χ0) is 11.6. The van der Waals surface area contributed by atoms with Crippen LogP contribution in [0.4, 0.5) is 0 Å². The van der Waals surface area contributed by atoms with Crippen molar-refractivity contribution in [3.63, 3.8) is 0 Å². The van der Waals surface area contributed by atoms with E-state index in [1.807, 2.05) is 0 Å². The monoisotopic (exact) mass is 243 g/mol. The van der Waals surface area contributed by atoms with E-state index in [2.05, 4.69) is 10.3 Å². The second-order valence-corrected chi connectivity index (χ2v) is 5.42. The topological polar surface area (TPSA) is 82.3 Å². The molecule has 0 spiro atoms. The molecule has 1 aliphatic heterocycles. The molecule has 2 heterocycles. The van der Waals surface area contributed by atoms with Crippen molar-refractivity contribution in [1.29, 1.82) is 0 Å². The van der Waals surface area contributed by atoms with Crippen LogP contribution in [0.2, 0.25) is 0 Å². The van der Waals surface area contributed by atoms with Gasteiger partial charge in [0.2, 0.25) is 10.0 Å². The smallest absolute Gasteiger partial charge is 0.268 e. The van der Waals surface area contributed by atoms with E-state index in [4.69, 9.17) is 0 Å². The minimum absolute atomic E-state index is 0.183. The van der Waals surface area contributed by atoms with E-state index in [1.165, 1.54) is 22.6 Å². The molecule has 7 heteroatoms. The van der Waals surface area contributed by atoms with Gasteiger partial charge in [0.05, 0.1) is 0 Å². The molecule has 0 bridgehead atoms. The predicted octanol–water partition coefficient (Wildman–Crippen LogP) is -1.03. The van der Waals surface area contributed by atoms with Gasteiger partial charge in [-0.15, -0.1) is 0 Å². The summed E-state index contributed by atoms with van der Waals surface area (Å²) in [6, 6.07) is 2.84. The van der Waals surface area contributed by atoms with Crippen LogP contribution in [0.15, 0.2) is 28.0 Å². The maximum Gasteiger partial charge on any atom is 0.268 e. The molecular formula is C9H13N3O3S. The summed E-state index contributed by atoms with van der Waals surface area (Å²) in [6.07, 6.45) is 1.42. The molecule has 0 atom stereocenters. The molecule has 0 radical (unpaired) electrons. The Kier molecular flexibility index (Phi) is 3.08. The van der Waals surface area contributed by atoms with E-state index in [1.54, 1.807) is 0 Å². The van der Waals surface area contributed by atoms with Gasteiger partial charge in [0.25, 0.3) is 5.56 Å². The summed E-state index contributed by atoms with van der Waals surface area (Å²) in [5, 5.41) is 3.06. The second kappa shape index (κ2) is 4.36. The molecule has 0 aliphatic carbocycles. The minimum Gasteiger partial charge on any atom is -0.328 e. The van der Waals surface area contributed by atoms with E-state index >= 15 is 0 Å². The van der Waals surface area contributed by atoms with Crippen LogP contribution in [0.1, 0.15) is 0 Å². The predicted molar refractivity (Wildman–Crippen MR) is 58.7 cm³/mol. The number of nitrogens with zero attached hydrogens (tertiary/aromatic N) is 1. The highest BCUT2D eigenvalue weighted by Crippen LogP contribution is 2.11. The molecule has 16 heavy (non-hydrogen) atoms. The normalized spacial score (nSPS) is 18.5. The third-order valence-corrected chi connectivity index (χ3v) is 4.40. The van der Waals surface area contributed by atoms with Crippen molar-refractivity contribution in [2.45, 2.75) is 4.90 Å². The van der Waals surface area contributed by atoms with Crippen LogP contribution in [0.25, 0.3) is 0 Å². The summed E-state index contributed by atoms with van der Waals surface area (Å²) >= 11 is 0. The first-order valence-corrected chi connectivity index (χ1v) is 6.45. The third kappa shape index (κ3) is 2.01. The summed E-state index contributed by atoms with van der Waals surface area (Å²) < 4.78 is 25.5. The third-order valence-electron chi connectivity index (χ3n) is 2.48. The van der Waals surface area contributed by atoms with Crippen molar-refractivity contribution in [2.24, 2.45) is 0 Å². The van der Waals surface area contributed by atoms with Crippen LogP contribution < -0.4 is 10.9 Å². The molecular weight excluding hydrogens is 230 g/mol. The summed E-state index contributed by atoms with van der Waals surface area (Å²) in [7, 11) is -3.64. The first kappa shape index (κ1) is 11.3. The van der Waals surface area contributed by atoms with E-state index in [-0.39, 0.29) is 4.90 Å². The Labute approximate surface area is 93.3 Å². The van der Waals surface area contributed by atoms with E-state index in [0.29, 0.717) is 26.2 Å². The number of hydrogen-bond donors (Lipinski definition) is 2. The van der Waals surface area contributed by atoms with Crippen LogP contribution >= 0.6 is 0 Å². The molecule has 1 saturated heterocycles. The van der Waals surface area contributed by atoms with E-state index < -0.39 is 15.6 Å². The first-order valence-electron chi connectivity index (χ1n) is 5.01. The largest absolute Gasteiger partial charge is 0.328 e. The number of aromatic nitrogens is 1. The van der Waals surface area contributed by atoms with Gasteiger partial charge in [-0.25, -0.2) is 8.42 Å². The van der Waals surface area contributed by atoms with E-state index in [9.17, 15) is 13.2 Å². The fourth-order valence-electron chi connectivity index (χ4n) is 1.63. The SMILES string of the molecule is O=c1[nH]cccc1S(=O)(=O)N1CCNCC1. The summed E-state index contributed by atoms with van der Waals surface area (Å²) in [5.74, 6) is 0. The Morgan fingerprint density at radius 2 is 1.94 bits per heavy atom. The van der Waals surface area contributed by atoms with Gasteiger partial charge in [-0.05, 0) is 12.1 Å². The Morgan fingerprint density at radius 3 is 2.56 bits per heavy atom. The van der Waals surface area contributed by atoms with Gasteiger partial charge in [-0.2, -0.15) is 4.31 Å². The molecule has 2 rings (SSSR count). The van der Waals surface area contributed by atoms with Gasteiger partial charge in [0.15, 0.2) is 0 Å². The molecule has 1 aromatic heterocycles. The van der Waals surface area contributed by atoms with Gasteiger partial charge < -0.3 is 10.3 Å². The molecule has 1 aliphatic rings. The van der Waals surface area contributed by atoms with Gasteiger partial charge in [0.1, 0.15) is 4.90 Å². The van der Waals surface area contributed by atoms with Crippen LogP contribution in [-0.2, 0) is 10.0 Å². The number of hydrogen-bond acceptors (Lipinski definition) is 4. The lowest BCUT2D eigenvalue weighted by atomic mass is 10.4. The average molecular weight is 243 g/mol. The molecule has 6 nitrogen and oxygen atoms in total. The molecule has 88 valence electrons. The van der Waals surface area contributed by atoms with E-state index in [0.717, 1.165) is 0 Å². The molecule has 2 N–H and O–H groups in total. The first-order chi connectivity index (χ1) is 7.62. The van der Waals surface area contributed by atoms with Crippen molar-refractivity contribution < 1.29 is 8.42 Å². The van der Waals surface area contributed by atoms with Gasteiger partial charge in [-0.3, -0.25) is 4.79 Å². The lowest BCUT2D eigenvalue weighted by Crippen LogP contribution is -2.47. The van der Waals surface area contributed by atoms with Crippen LogP contribution in [-0.4, -0.2) is 43.9 Å². The van der Waals surface area contributed by atoms with Crippen LogP contribution in [0.5, 0.6) is 0 Å². The number of pyridine rings is 1. The van der Waals surface area contributed by atoms with Crippen molar-refractivity contribution in [3.8, 4) is 0 Å². The Bertz CT molecular complexity index is 517. The molecule has 0 amide bonds. The fourth-order valence-corrected chi connectivity index (χ4v) is 3.12. The van der Waals surface area contributed by atoms with Crippen LogP contribution in [0.3, 0.4) is 0 Å². The minimum atomic E-state index is -3.64. The van der Waals surface area contributed by atoms with Gasteiger partial charge in [0, 0.05) is 32.4 Å². The zero-order valence-corrected chi connectivity index (χ0v) is 9.46. The highest BCUT2D eigenvalue weighted by Gasteiger charge is 2.27. The zero-order valence-electron chi connectivity index (χ0n) is 8.64. The van der Waals surface area contributed by atoms with Crippen LogP contribution in [0, 0.1) is 0 Å². The average Bonchev–Trinajstić information content (AvgIpc) is 2.30. The second-order valence-electron chi connectivity index (χ2n) is 3.52. The highest BCUT2D eigenvalue weighted by molar-refractivity contribution is 7.89. The Balaban J connectivity index is 2.39. The van der Waals surface area contributed by atoms with Crippen molar-refractivity contribution in [2.75, 3.05) is 26.2 Å². The number of aromatic amines is 1. The summed E-state index contributed by atoms with van der Waals surface area (Å²) in [5.41, 5.74) is -0.568.